The molecule has 0 unspecified atom stereocenters. The first-order valence-corrected chi connectivity index (χ1v) is 13.4. The lowest BCUT2D eigenvalue weighted by molar-refractivity contribution is -0.139. The molecule has 0 fully saturated rings. The van der Waals surface area contributed by atoms with Gasteiger partial charge in [0.15, 0.2) is 0 Å². The molecule has 0 aliphatic rings. The lowest BCUT2D eigenvalue weighted by Gasteiger charge is -2.32. The Bertz CT molecular complexity index is 1090. The van der Waals surface area contributed by atoms with Gasteiger partial charge in [-0.05, 0) is 49.6 Å². The molecule has 1 atom stereocenters. The van der Waals surface area contributed by atoms with E-state index in [1.807, 2.05) is 68.4 Å². The van der Waals surface area contributed by atoms with Crippen LogP contribution in [0.15, 0.2) is 78.9 Å². The second-order valence-corrected chi connectivity index (χ2v) is 10.4. The van der Waals surface area contributed by atoms with Gasteiger partial charge < -0.3 is 10.2 Å². The lowest BCUT2D eigenvalue weighted by atomic mass is 10.0. The number of amides is 2. The molecule has 2 amide bonds. The summed E-state index contributed by atoms with van der Waals surface area (Å²) in [5.41, 5.74) is 4.33. The number of rotatable bonds is 11. The summed E-state index contributed by atoms with van der Waals surface area (Å²) in [4.78, 5) is 28.6. The monoisotopic (exact) mass is 508 g/mol. The van der Waals surface area contributed by atoms with Gasteiger partial charge >= 0.3 is 0 Å². The third kappa shape index (κ3) is 8.75. The average Bonchev–Trinajstić information content (AvgIpc) is 2.84. The van der Waals surface area contributed by atoms with Crippen molar-refractivity contribution in [1.29, 1.82) is 0 Å². The van der Waals surface area contributed by atoms with Gasteiger partial charge in [-0.25, -0.2) is 0 Å². The number of hydrogen-bond acceptors (Lipinski definition) is 3. The number of nitrogens with one attached hydrogen (secondary N) is 1. The quantitative estimate of drug-likeness (QED) is 0.343. The number of aryl methyl sites for hydroxylation is 1. The van der Waals surface area contributed by atoms with Gasteiger partial charge in [0.1, 0.15) is 6.04 Å². The van der Waals surface area contributed by atoms with Crippen LogP contribution in [0.1, 0.15) is 36.1 Å². The summed E-state index contributed by atoms with van der Waals surface area (Å²) in [6, 6.07) is 25.0. The average molecular weight is 509 g/mol. The van der Waals surface area contributed by atoms with Crippen molar-refractivity contribution in [2.75, 3.05) is 5.75 Å². The molecule has 0 bridgehead atoms. The van der Waals surface area contributed by atoms with E-state index in [0.29, 0.717) is 23.7 Å². The Hall–Kier alpha value is -2.76. The van der Waals surface area contributed by atoms with Gasteiger partial charge in [0.05, 0.1) is 5.75 Å². The molecule has 1 N–H and O–H groups in total. The molecule has 0 saturated carbocycles. The van der Waals surface area contributed by atoms with E-state index in [2.05, 4.69) is 36.5 Å². The summed E-state index contributed by atoms with van der Waals surface area (Å²) >= 11 is 7.64. The minimum Gasteiger partial charge on any atom is -0.352 e. The highest BCUT2D eigenvalue weighted by molar-refractivity contribution is 7.99. The predicted octanol–water partition coefficient (Wildman–Crippen LogP) is 6.05. The van der Waals surface area contributed by atoms with Crippen LogP contribution in [0.2, 0.25) is 5.02 Å². The van der Waals surface area contributed by atoms with Crippen LogP contribution in [0.25, 0.3) is 0 Å². The van der Waals surface area contributed by atoms with E-state index >= 15 is 0 Å². The highest BCUT2D eigenvalue weighted by Gasteiger charge is 2.30. The first-order valence-electron chi connectivity index (χ1n) is 11.8. The third-order valence-electron chi connectivity index (χ3n) is 5.58. The van der Waals surface area contributed by atoms with E-state index in [1.165, 1.54) is 11.1 Å². The highest BCUT2D eigenvalue weighted by Crippen LogP contribution is 2.20. The smallest absolute Gasteiger partial charge is 0.243 e. The molecular weight excluding hydrogens is 476 g/mol. The van der Waals surface area contributed by atoms with E-state index in [4.69, 9.17) is 11.6 Å². The first kappa shape index (κ1) is 26.8. The SMILES string of the molecule is Cc1ccc(CSCC(=O)N(Cc2ccc(Cl)cc2)[C@@H](Cc2ccccc2)C(=O)NC(C)C)cc1. The van der Waals surface area contributed by atoms with Crippen molar-refractivity contribution in [1.82, 2.24) is 10.2 Å². The lowest BCUT2D eigenvalue weighted by Crippen LogP contribution is -2.52. The number of benzene rings is 3. The second-order valence-electron chi connectivity index (χ2n) is 9.00. The Balaban J connectivity index is 1.83. The van der Waals surface area contributed by atoms with E-state index in [1.54, 1.807) is 16.7 Å². The van der Waals surface area contributed by atoms with Crippen LogP contribution >= 0.6 is 23.4 Å². The van der Waals surface area contributed by atoms with Crippen LogP contribution in [0.4, 0.5) is 0 Å². The summed E-state index contributed by atoms with van der Waals surface area (Å²) in [6.45, 7) is 6.26. The standard InChI is InChI=1S/C29H33ClN2O2S/c1-21(2)31-29(34)27(17-23-7-5-4-6-8-23)32(18-24-13-15-26(30)16-14-24)28(33)20-35-19-25-11-9-22(3)10-12-25/h4-16,21,27H,17-20H2,1-3H3,(H,31,34)/t27-/m0/s1. The maximum absolute atomic E-state index is 13.6. The molecule has 0 radical (unpaired) electrons. The Labute approximate surface area is 218 Å². The fourth-order valence-corrected chi connectivity index (χ4v) is 4.74. The molecular formula is C29H33ClN2O2S. The van der Waals surface area contributed by atoms with E-state index in [0.717, 1.165) is 16.9 Å². The Morgan fingerprint density at radius 1 is 0.886 bits per heavy atom. The Morgan fingerprint density at radius 3 is 2.14 bits per heavy atom. The molecule has 3 rings (SSSR count). The minimum atomic E-state index is -0.622. The van der Waals surface area contributed by atoms with Crippen molar-refractivity contribution in [3.05, 3.63) is 106 Å². The summed E-state index contributed by atoms with van der Waals surface area (Å²) < 4.78 is 0. The number of hydrogen-bond donors (Lipinski definition) is 1. The van der Waals surface area contributed by atoms with E-state index in [-0.39, 0.29) is 17.9 Å². The number of thioether (sulfide) groups is 1. The molecule has 0 saturated heterocycles. The predicted molar refractivity (Wildman–Crippen MR) is 147 cm³/mol. The molecule has 3 aromatic carbocycles. The van der Waals surface area contributed by atoms with Crippen molar-refractivity contribution in [3.63, 3.8) is 0 Å². The molecule has 6 heteroatoms. The van der Waals surface area contributed by atoms with Crippen LogP contribution < -0.4 is 5.32 Å². The number of carbonyl (C=O) groups is 2. The van der Waals surface area contributed by atoms with Crippen LogP contribution in [0.3, 0.4) is 0 Å². The van der Waals surface area contributed by atoms with Crippen molar-refractivity contribution in [2.24, 2.45) is 0 Å². The number of nitrogens with zero attached hydrogens (tertiary/aromatic N) is 1. The molecule has 3 aromatic rings. The zero-order valence-corrected chi connectivity index (χ0v) is 22.1. The molecule has 35 heavy (non-hydrogen) atoms. The van der Waals surface area contributed by atoms with E-state index in [9.17, 15) is 9.59 Å². The maximum Gasteiger partial charge on any atom is 0.243 e. The number of carbonyl (C=O) groups excluding carboxylic acids is 2. The topological polar surface area (TPSA) is 49.4 Å². The van der Waals surface area contributed by atoms with Crippen molar-refractivity contribution in [2.45, 2.75) is 51.6 Å². The molecule has 0 spiro atoms. The number of halogens is 1. The van der Waals surface area contributed by atoms with Crippen LogP contribution in [-0.2, 0) is 28.3 Å². The maximum atomic E-state index is 13.6. The molecule has 4 nitrogen and oxygen atoms in total. The third-order valence-corrected chi connectivity index (χ3v) is 6.82. The highest BCUT2D eigenvalue weighted by atomic mass is 35.5. The van der Waals surface area contributed by atoms with Crippen LogP contribution in [-0.4, -0.2) is 34.6 Å². The first-order chi connectivity index (χ1) is 16.8. The summed E-state index contributed by atoms with van der Waals surface area (Å²) in [5.74, 6) is 0.830. The molecule has 0 aliphatic carbocycles. The van der Waals surface area contributed by atoms with Gasteiger partial charge in [0.25, 0.3) is 0 Å². The van der Waals surface area contributed by atoms with Gasteiger partial charge in [0, 0.05) is 29.8 Å². The van der Waals surface area contributed by atoms with Crippen LogP contribution in [0, 0.1) is 6.92 Å². The summed E-state index contributed by atoms with van der Waals surface area (Å²) in [6.07, 6.45) is 0.446. The summed E-state index contributed by atoms with van der Waals surface area (Å²) in [5, 5.41) is 3.66. The normalized spacial score (nSPS) is 11.8. The molecule has 184 valence electrons. The zero-order valence-electron chi connectivity index (χ0n) is 20.5. The van der Waals surface area contributed by atoms with Gasteiger partial charge in [-0.3, -0.25) is 9.59 Å². The zero-order chi connectivity index (χ0) is 25.2. The molecule has 0 aromatic heterocycles. The van der Waals surface area contributed by atoms with Crippen LogP contribution in [0.5, 0.6) is 0 Å². The van der Waals surface area contributed by atoms with Gasteiger partial charge in [-0.2, -0.15) is 0 Å². The van der Waals surface area contributed by atoms with Crippen molar-refractivity contribution in [3.8, 4) is 0 Å². The summed E-state index contributed by atoms with van der Waals surface area (Å²) in [7, 11) is 0. The van der Waals surface area contributed by atoms with Gasteiger partial charge in [-0.1, -0.05) is 83.9 Å². The minimum absolute atomic E-state index is 0.0239. The fraction of sp³-hybridized carbons (Fsp3) is 0.310. The van der Waals surface area contributed by atoms with Gasteiger partial charge in [-0.15, -0.1) is 11.8 Å². The van der Waals surface area contributed by atoms with Crippen molar-refractivity contribution < 1.29 is 9.59 Å². The van der Waals surface area contributed by atoms with Crippen molar-refractivity contribution >= 4 is 35.2 Å². The van der Waals surface area contributed by atoms with E-state index < -0.39 is 6.04 Å². The fourth-order valence-electron chi connectivity index (χ4n) is 3.74. The Morgan fingerprint density at radius 2 is 1.51 bits per heavy atom. The molecule has 0 heterocycles. The largest absolute Gasteiger partial charge is 0.352 e. The Kier molecular flexibility index (Phi) is 10.2. The van der Waals surface area contributed by atoms with Gasteiger partial charge in [0.2, 0.25) is 11.8 Å². The molecule has 0 aliphatic heterocycles. The second kappa shape index (κ2) is 13.4.